The van der Waals surface area contributed by atoms with E-state index in [-0.39, 0.29) is 0 Å². The van der Waals surface area contributed by atoms with E-state index in [1.54, 1.807) is 0 Å². The van der Waals surface area contributed by atoms with Crippen molar-refractivity contribution in [2.24, 2.45) is 23.7 Å². The molecule has 0 aliphatic heterocycles. The van der Waals surface area contributed by atoms with Gasteiger partial charge in [0.2, 0.25) is 0 Å². The molecule has 1 fully saturated rings. The molecular formula is C16H16O. The predicted octanol–water partition coefficient (Wildman–Crippen LogP) is 2.88. The van der Waals surface area contributed by atoms with Crippen LogP contribution in [0.5, 0.6) is 0 Å². The van der Waals surface area contributed by atoms with E-state index in [1.807, 2.05) is 36.4 Å². The van der Waals surface area contributed by atoms with Gasteiger partial charge in [0.15, 0.2) is 0 Å². The van der Waals surface area contributed by atoms with Crippen LogP contribution in [0.4, 0.5) is 0 Å². The maximum atomic E-state index is 11.0. The molecule has 1 saturated carbocycles. The first kappa shape index (κ1) is 9.67. The number of rotatable bonds is 1. The molecule has 1 nitrogen and oxygen atoms in total. The van der Waals surface area contributed by atoms with E-state index in [1.165, 1.54) is 6.42 Å². The van der Waals surface area contributed by atoms with Crippen molar-refractivity contribution in [2.45, 2.75) is 12.0 Å². The molecule has 1 heteroatoms. The van der Waals surface area contributed by atoms with E-state index in [0.717, 1.165) is 5.56 Å². The Morgan fingerprint density at radius 1 is 1.00 bits per heavy atom. The SMILES string of the molecule is OC1(c2ccccc2)C=CC2C3C=CC(C3)C21. The average molecular weight is 224 g/mol. The fraction of sp³-hybridized carbons (Fsp3) is 0.375. The largest absolute Gasteiger partial charge is 0.381 e. The molecule has 0 amide bonds. The van der Waals surface area contributed by atoms with Crippen molar-refractivity contribution in [1.29, 1.82) is 0 Å². The second kappa shape index (κ2) is 3.11. The molecule has 3 aliphatic carbocycles. The van der Waals surface area contributed by atoms with Gasteiger partial charge in [-0.15, -0.1) is 0 Å². The van der Waals surface area contributed by atoms with Crippen LogP contribution in [-0.2, 0) is 5.60 Å². The lowest BCUT2D eigenvalue weighted by Crippen LogP contribution is -2.35. The summed E-state index contributed by atoms with van der Waals surface area (Å²) in [5.41, 5.74) is 0.306. The standard InChI is InChI=1S/C16H16O/c17-16(13-4-2-1-3-5-13)9-8-14-11-6-7-12(10-11)15(14)16/h1-9,11-12,14-15,17H,10H2. The molecule has 0 radical (unpaired) electrons. The number of fused-ring (bicyclic) bond motifs is 5. The highest BCUT2D eigenvalue weighted by Gasteiger charge is 2.55. The van der Waals surface area contributed by atoms with Crippen LogP contribution in [0.25, 0.3) is 0 Å². The summed E-state index contributed by atoms with van der Waals surface area (Å²) in [4.78, 5) is 0. The van der Waals surface area contributed by atoms with E-state index in [0.29, 0.717) is 23.7 Å². The number of allylic oxidation sites excluding steroid dienone is 3. The molecule has 0 saturated heterocycles. The lowest BCUT2D eigenvalue weighted by atomic mass is 9.74. The maximum absolute atomic E-state index is 11.0. The van der Waals surface area contributed by atoms with Crippen molar-refractivity contribution in [3.8, 4) is 0 Å². The highest BCUT2D eigenvalue weighted by molar-refractivity contribution is 5.37. The number of hydrogen-bond donors (Lipinski definition) is 1. The van der Waals surface area contributed by atoms with Crippen molar-refractivity contribution < 1.29 is 5.11 Å². The zero-order chi connectivity index (χ0) is 11.5. The van der Waals surface area contributed by atoms with E-state index in [4.69, 9.17) is 0 Å². The van der Waals surface area contributed by atoms with Crippen LogP contribution in [-0.4, -0.2) is 5.11 Å². The van der Waals surface area contributed by atoms with Crippen LogP contribution in [0.15, 0.2) is 54.6 Å². The smallest absolute Gasteiger partial charge is 0.112 e. The average Bonchev–Trinajstić information content (AvgIpc) is 3.04. The quantitative estimate of drug-likeness (QED) is 0.727. The molecule has 1 N–H and O–H groups in total. The van der Waals surface area contributed by atoms with Crippen LogP contribution in [0, 0.1) is 23.7 Å². The van der Waals surface area contributed by atoms with Gasteiger partial charge in [-0.05, 0) is 29.7 Å². The van der Waals surface area contributed by atoms with Crippen LogP contribution in [0.1, 0.15) is 12.0 Å². The Hall–Kier alpha value is -1.34. The molecule has 17 heavy (non-hydrogen) atoms. The van der Waals surface area contributed by atoms with Gasteiger partial charge < -0.3 is 5.11 Å². The van der Waals surface area contributed by atoms with Gasteiger partial charge in [0.05, 0.1) is 0 Å². The van der Waals surface area contributed by atoms with Gasteiger partial charge in [-0.25, -0.2) is 0 Å². The van der Waals surface area contributed by atoms with Crippen molar-refractivity contribution in [3.63, 3.8) is 0 Å². The third-order valence-electron chi connectivity index (χ3n) is 4.84. The Morgan fingerprint density at radius 2 is 1.76 bits per heavy atom. The molecular weight excluding hydrogens is 208 g/mol. The lowest BCUT2D eigenvalue weighted by molar-refractivity contribution is 0.0112. The fourth-order valence-corrected chi connectivity index (χ4v) is 4.11. The van der Waals surface area contributed by atoms with Crippen molar-refractivity contribution in [1.82, 2.24) is 0 Å². The van der Waals surface area contributed by atoms with E-state index in [9.17, 15) is 5.11 Å². The summed E-state index contributed by atoms with van der Waals surface area (Å²) in [5, 5.41) is 11.0. The van der Waals surface area contributed by atoms with Gasteiger partial charge in [-0.1, -0.05) is 54.6 Å². The molecule has 5 unspecified atom stereocenters. The van der Waals surface area contributed by atoms with Crippen LogP contribution in [0.3, 0.4) is 0 Å². The molecule has 5 atom stereocenters. The minimum Gasteiger partial charge on any atom is -0.381 e. The number of aliphatic hydroxyl groups is 1. The Morgan fingerprint density at radius 3 is 2.59 bits per heavy atom. The zero-order valence-electron chi connectivity index (χ0n) is 9.66. The van der Waals surface area contributed by atoms with Gasteiger partial charge in [-0.2, -0.15) is 0 Å². The molecule has 1 aromatic rings. The van der Waals surface area contributed by atoms with Gasteiger partial charge in [0, 0.05) is 5.92 Å². The highest BCUT2D eigenvalue weighted by Crippen LogP contribution is 2.58. The van der Waals surface area contributed by atoms with Gasteiger partial charge in [0.25, 0.3) is 0 Å². The minimum atomic E-state index is -0.740. The van der Waals surface area contributed by atoms with E-state index >= 15 is 0 Å². The summed E-state index contributed by atoms with van der Waals surface area (Å²) in [5.74, 6) is 2.14. The predicted molar refractivity (Wildman–Crippen MR) is 67.2 cm³/mol. The molecule has 1 aromatic carbocycles. The minimum absolute atomic E-state index is 0.361. The maximum Gasteiger partial charge on any atom is 0.112 e. The van der Waals surface area contributed by atoms with Gasteiger partial charge in [-0.3, -0.25) is 0 Å². The third kappa shape index (κ3) is 1.13. The number of hydrogen-bond acceptors (Lipinski definition) is 1. The number of benzene rings is 1. The second-order valence-corrected chi connectivity index (χ2v) is 5.60. The molecule has 0 aromatic heterocycles. The van der Waals surface area contributed by atoms with Crippen molar-refractivity contribution >= 4 is 0 Å². The van der Waals surface area contributed by atoms with Crippen LogP contribution < -0.4 is 0 Å². The topological polar surface area (TPSA) is 20.2 Å². The van der Waals surface area contributed by atoms with Gasteiger partial charge >= 0.3 is 0 Å². The van der Waals surface area contributed by atoms with Crippen LogP contribution >= 0.6 is 0 Å². The van der Waals surface area contributed by atoms with Crippen LogP contribution in [0.2, 0.25) is 0 Å². The molecule has 86 valence electrons. The van der Waals surface area contributed by atoms with E-state index < -0.39 is 5.60 Å². The second-order valence-electron chi connectivity index (χ2n) is 5.60. The molecule has 3 aliphatic rings. The first-order chi connectivity index (χ1) is 8.29. The first-order valence-electron chi connectivity index (χ1n) is 6.44. The molecule has 2 bridgehead atoms. The Balaban J connectivity index is 1.81. The Bertz CT molecular complexity index is 502. The molecule has 0 heterocycles. The normalized spacial score (nSPS) is 45.5. The molecule has 4 rings (SSSR count). The summed E-state index contributed by atoms with van der Waals surface area (Å²) in [6, 6.07) is 10.1. The van der Waals surface area contributed by atoms with Gasteiger partial charge in [0.1, 0.15) is 5.60 Å². The Labute approximate surface area is 101 Å². The molecule has 0 spiro atoms. The summed E-state index contributed by atoms with van der Waals surface area (Å²) in [6.45, 7) is 0. The Kier molecular flexibility index (Phi) is 1.77. The third-order valence-corrected chi connectivity index (χ3v) is 4.84. The highest BCUT2D eigenvalue weighted by atomic mass is 16.3. The summed E-state index contributed by atoms with van der Waals surface area (Å²) in [7, 11) is 0. The lowest BCUT2D eigenvalue weighted by Gasteiger charge is -2.34. The van der Waals surface area contributed by atoms with Crippen molar-refractivity contribution in [2.75, 3.05) is 0 Å². The first-order valence-corrected chi connectivity index (χ1v) is 6.44. The fourth-order valence-electron chi connectivity index (χ4n) is 4.11. The summed E-state index contributed by atoms with van der Waals surface area (Å²) in [6.07, 6.45) is 10.2. The zero-order valence-corrected chi connectivity index (χ0v) is 9.66. The monoisotopic (exact) mass is 224 g/mol. The van der Waals surface area contributed by atoms with Crippen molar-refractivity contribution in [3.05, 3.63) is 60.2 Å². The summed E-state index contributed by atoms with van der Waals surface area (Å²) >= 11 is 0. The summed E-state index contributed by atoms with van der Waals surface area (Å²) < 4.78 is 0. The van der Waals surface area contributed by atoms with E-state index in [2.05, 4.69) is 18.2 Å².